The van der Waals surface area contributed by atoms with E-state index in [4.69, 9.17) is 4.74 Å². The molecule has 3 nitrogen and oxygen atoms in total. The van der Waals surface area contributed by atoms with Gasteiger partial charge >= 0.3 is 5.97 Å². The van der Waals surface area contributed by atoms with Crippen LogP contribution in [0.25, 0.3) is 0 Å². The number of aryl methyl sites for hydroxylation is 4. The number of carboxylic acids is 1. The van der Waals surface area contributed by atoms with Gasteiger partial charge in [-0.25, -0.2) is 4.79 Å². The summed E-state index contributed by atoms with van der Waals surface area (Å²) in [6, 6.07) is 9.99. The molecule has 0 saturated heterocycles. The van der Waals surface area contributed by atoms with E-state index in [9.17, 15) is 9.90 Å². The summed E-state index contributed by atoms with van der Waals surface area (Å²) in [6.45, 7) is 10.0. The van der Waals surface area contributed by atoms with Gasteiger partial charge in [0.25, 0.3) is 0 Å². The molecule has 0 spiro atoms. The van der Waals surface area contributed by atoms with Crippen LogP contribution in [0.4, 0.5) is 0 Å². The van der Waals surface area contributed by atoms with E-state index >= 15 is 0 Å². The molecule has 122 valence electrons. The third kappa shape index (κ3) is 4.13. The fourth-order valence-electron chi connectivity index (χ4n) is 2.60. The normalized spacial score (nSPS) is 12.0. The Bertz CT molecular complexity index is 732. The number of carbonyl (C=O) groups is 1. The molecule has 0 aliphatic heterocycles. The Morgan fingerprint density at radius 1 is 1.00 bits per heavy atom. The Morgan fingerprint density at radius 3 is 2.30 bits per heavy atom. The van der Waals surface area contributed by atoms with Crippen LogP contribution >= 0.6 is 0 Å². The predicted molar refractivity (Wildman–Crippen MR) is 92.3 cm³/mol. The van der Waals surface area contributed by atoms with Gasteiger partial charge in [-0.05, 0) is 74.1 Å². The molecule has 2 aromatic carbocycles. The molecule has 0 fully saturated rings. The van der Waals surface area contributed by atoms with Crippen molar-refractivity contribution in [2.75, 3.05) is 0 Å². The summed E-state index contributed by atoms with van der Waals surface area (Å²) in [6.07, 6.45) is -0.542. The van der Waals surface area contributed by atoms with Gasteiger partial charge in [-0.15, -0.1) is 0 Å². The van der Waals surface area contributed by atoms with Crippen molar-refractivity contribution in [3.8, 4) is 5.75 Å². The van der Waals surface area contributed by atoms with Crippen LogP contribution in [0.2, 0.25) is 0 Å². The molecule has 0 unspecified atom stereocenters. The number of benzene rings is 2. The maximum atomic E-state index is 11.6. The van der Waals surface area contributed by atoms with Gasteiger partial charge in [-0.1, -0.05) is 24.3 Å². The van der Waals surface area contributed by atoms with Crippen LogP contribution in [0.1, 0.15) is 33.4 Å². The van der Waals surface area contributed by atoms with Crippen molar-refractivity contribution in [3.63, 3.8) is 0 Å². The standard InChI is InChI=1S/C20H24O3/c1-12-8-15(4)16(5)18(9-12)23-19(20(21)22)11-17-7-6-13(2)14(3)10-17/h6-10,19H,11H2,1-5H3,(H,21,22)/t19-/m0/s1. The fourth-order valence-corrected chi connectivity index (χ4v) is 2.60. The first-order valence-corrected chi connectivity index (χ1v) is 7.81. The first-order chi connectivity index (χ1) is 10.8. The lowest BCUT2D eigenvalue weighted by atomic mass is 10.0. The highest BCUT2D eigenvalue weighted by Crippen LogP contribution is 2.25. The van der Waals surface area contributed by atoms with Gasteiger partial charge in [0.15, 0.2) is 6.10 Å². The molecule has 3 heteroatoms. The maximum Gasteiger partial charge on any atom is 0.345 e. The monoisotopic (exact) mass is 312 g/mol. The summed E-state index contributed by atoms with van der Waals surface area (Å²) in [5.74, 6) is -0.291. The fraction of sp³-hybridized carbons (Fsp3) is 0.350. The number of hydrogen-bond donors (Lipinski definition) is 1. The summed E-state index contributed by atoms with van der Waals surface area (Å²) in [5.41, 5.74) is 6.50. The highest BCUT2D eigenvalue weighted by Gasteiger charge is 2.21. The minimum Gasteiger partial charge on any atom is -0.478 e. The first kappa shape index (κ1) is 17.1. The second-order valence-electron chi connectivity index (χ2n) is 6.27. The first-order valence-electron chi connectivity index (χ1n) is 7.81. The quantitative estimate of drug-likeness (QED) is 0.895. The van der Waals surface area contributed by atoms with E-state index in [-0.39, 0.29) is 0 Å². The molecule has 2 rings (SSSR count). The van der Waals surface area contributed by atoms with Gasteiger partial charge in [0.2, 0.25) is 0 Å². The van der Waals surface area contributed by atoms with E-state index in [1.807, 2.05) is 58.9 Å². The van der Waals surface area contributed by atoms with E-state index in [0.29, 0.717) is 12.2 Å². The second-order valence-corrected chi connectivity index (χ2v) is 6.27. The maximum absolute atomic E-state index is 11.6. The van der Waals surface area contributed by atoms with E-state index in [1.165, 1.54) is 5.56 Å². The van der Waals surface area contributed by atoms with Crippen LogP contribution in [0.15, 0.2) is 30.3 Å². The Morgan fingerprint density at radius 2 is 1.70 bits per heavy atom. The molecule has 0 radical (unpaired) electrons. The Hall–Kier alpha value is -2.29. The van der Waals surface area contributed by atoms with Crippen molar-refractivity contribution >= 4 is 5.97 Å². The average Bonchev–Trinajstić information content (AvgIpc) is 2.47. The molecule has 0 aliphatic rings. The summed E-state index contributed by atoms with van der Waals surface area (Å²) >= 11 is 0. The number of aliphatic carboxylic acids is 1. The van der Waals surface area contributed by atoms with Gasteiger partial charge in [0.05, 0.1) is 0 Å². The van der Waals surface area contributed by atoms with Crippen LogP contribution in [0.3, 0.4) is 0 Å². The van der Waals surface area contributed by atoms with Crippen molar-refractivity contribution in [1.29, 1.82) is 0 Å². The zero-order valence-corrected chi connectivity index (χ0v) is 14.4. The van der Waals surface area contributed by atoms with Gasteiger partial charge in [0.1, 0.15) is 5.75 Å². The Balaban J connectivity index is 2.26. The molecule has 0 aliphatic carbocycles. The summed E-state index contributed by atoms with van der Waals surface area (Å²) in [4.78, 5) is 11.6. The van der Waals surface area contributed by atoms with Crippen molar-refractivity contribution in [3.05, 3.63) is 63.7 Å². The molecule has 0 heterocycles. The van der Waals surface area contributed by atoms with Crippen LogP contribution in [-0.2, 0) is 11.2 Å². The SMILES string of the molecule is Cc1cc(C)c(C)c(O[C@@H](Cc2ccc(C)c(C)c2)C(=O)O)c1. The zero-order chi connectivity index (χ0) is 17.1. The van der Waals surface area contributed by atoms with Crippen molar-refractivity contribution in [1.82, 2.24) is 0 Å². The third-order valence-corrected chi connectivity index (χ3v) is 4.30. The predicted octanol–water partition coefficient (Wildman–Crippen LogP) is 4.30. The summed E-state index contributed by atoms with van der Waals surface area (Å²) in [7, 11) is 0. The highest BCUT2D eigenvalue weighted by atomic mass is 16.5. The molecule has 1 atom stereocenters. The van der Waals surface area contributed by atoms with E-state index in [1.54, 1.807) is 0 Å². The third-order valence-electron chi connectivity index (χ3n) is 4.30. The lowest BCUT2D eigenvalue weighted by Crippen LogP contribution is -2.29. The van der Waals surface area contributed by atoms with Crippen molar-refractivity contribution in [2.24, 2.45) is 0 Å². The van der Waals surface area contributed by atoms with Crippen LogP contribution < -0.4 is 4.74 Å². The molecular weight excluding hydrogens is 288 g/mol. The topological polar surface area (TPSA) is 46.5 Å². The van der Waals surface area contributed by atoms with Crippen LogP contribution in [0, 0.1) is 34.6 Å². The minimum atomic E-state index is -0.943. The minimum absolute atomic E-state index is 0.350. The molecular formula is C20H24O3. The average molecular weight is 312 g/mol. The smallest absolute Gasteiger partial charge is 0.345 e. The molecule has 0 aromatic heterocycles. The molecule has 23 heavy (non-hydrogen) atoms. The van der Waals surface area contributed by atoms with Gasteiger partial charge in [0, 0.05) is 6.42 Å². The lowest BCUT2D eigenvalue weighted by Gasteiger charge is -2.19. The Labute approximate surface area is 137 Å². The van der Waals surface area contributed by atoms with Crippen molar-refractivity contribution in [2.45, 2.75) is 47.1 Å². The van der Waals surface area contributed by atoms with Gasteiger partial charge < -0.3 is 9.84 Å². The number of ether oxygens (including phenoxy) is 1. The number of rotatable bonds is 5. The highest BCUT2D eigenvalue weighted by molar-refractivity contribution is 5.73. The van der Waals surface area contributed by atoms with E-state index < -0.39 is 12.1 Å². The van der Waals surface area contributed by atoms with Gasteiger partial charge in [-0.2, -0.15) is 0 Å². The second kappa shape index (κ2) is 6.86. The molecule has 2 aromatic rings. The molecule has 0 amide bonds. The number of carboxylic acid groups (broad SMARTS) is 1. The van der Waals surface area contributed by atoms with Crippen LogP contribution in [-0.4, -0.2) is 17.2 Å². The molecule has 0 bridgehead atoms. The molecule has 0 saturated carbocycles. The lowest BCUT2D eigenvalue weighted by molar-refractivity contribution is -0.145. The zero-order valence-electron chi connectivity index (χ0n) is 14.4. The summed E-state index contributed by atoms with van der Waals surface area (Å²) < 4.78 is 5.84. The summed E-state index contributed by atoms with van der Waals surface area (Å²) in [5, 5.41) is 9.52. The van der Waals surface area contributed by atoms with Gasteiger partial charge in [-0.3, -0.25) is 0 Å². The van der Waals surface area contributed by atoms with E-state index in [0.717, 1.165) is 27.8 Å². The van der Waals surface area contributed by atoms with Crippen LogP contribution in [0.5, 0.6) is 5.75 Å². The molecule has 1 N–H and O–H groups in total. The number of hydrogen-bond acceptors (Lipinski definition) is 2. The van der Waals surface area contributed by atoms with Crippen molar-refractivity contribution < 1.29 is 14.6 Å². The Kier molecular flexibility index (Phi) is 5.09. The largest absolute Gasteiger partial charge is 0.478 e. The van der Waals surface area contributed by atoms with E-state index in [2.05, 4.69) is 6.07 Å².